The molecular formula is C23H28F2O3. The number of rotatable bonds is 3. The number of cyclic esters (lactones) is 1. The van der Waals surface area contributed by atoms with Gasteiger partial charge in [-0.25, -0.2) is 8.78 Å². The predicted octanol–water partition coefficient (Wildman–Crippen LogP) is 5.19. The standard InChI is InChI=1S/C23H28F2O3/c1-22(2)12-17(14-5-8-19(24)20(25)9-14)18(23(3,4)13-22)7-6-16-10-15(26)11-21(27)28-16/h5-9,15-16,26H,10-13H2,1-4H3/b7-6+/t15-,16-/m1/s1. The number of hydrogen-bond donors (Lipinski definition) is 1. The van der Waals surface area contributed by atoms with Crippen LogP contribution in [0.1, 0.15) is 58.9 Å². The Labute approximate surface area is 165 Å². The lowest BCUT2D eigenvalue weighted by atomic mass is 9.61. The molecule has 5 heteroatoms. The number of esters is 1. The van der Waals surface area contributed by atoms with E-state index in [1.54, 1.807) is 12.1 Å². The van der Waals surface area contributed by atoms with Gasteiger partial charge in [-0.1, -0.05) is 39.8 Å². The topological polar surface area (TPSA) is 46.5 Å². The minimum atomic E-state index is -0.862. The molecular weight excluding hydrogens is 362 g/mol. The van der Waals surface area contributed by atoms with E-state index in [2.05, 4.69) is 27.7 Å². The Kier molecular flexibility index (Phi) is 5.50. The van der Waals surface area contributed by atoms with Crippen molar-refractivity contribution < 1.29 is 23.4 Å². The summed E-state index contributed by atoms with van der Waals surface area (Å²) in [7, 11) is 0. The Morgan fingerprint density at radius 3 is 2.54 bits per heavy atom. The van der Waals surface area contributed by atoms with Crippen molar-refractivity contribution in [2.24, 2.45) is 10.8 Å². The summed E-state index contributed by atoms with van der Waals surface area (Å²) in [5, 5.41) is 9.82. The molecule has 0 radical (unpaired) electrons. The quantitative estimate of drug-likeness (QED) is 0.723. The second-order valence-electron chi connectivity index (χ2n) is 9.40. The van der Waals surface area contributed by atoms with E-state index in [1.165, 1.54) is 6.07 Å². The molecule has 1 N–H and O–H groups in total. The molecule has 2 atom stereocenters. The van der Waals surface area contributed by atoms with E-state index < -0.39 is 29.8 Å². The zero-order valence-corrected chi connectivity index (χ0v) is 16.9. The second kappa shape index (κ2) is 7.43. The summed E-state index contributed by atoms with van der Waals surface area (Å²) in [5.41, 5.74) is 2.47. The van der Waals surface area contributed by atoms with Crippen molar-refractivity contribution in [3.8, 4) is 0 Å². The number of hydrogen-bond acceptors (Lipinski definition) is 3. The first kappa shape index (κ1) is 20.7. The number of carbonyl (C=O) groups is 1. The van der Waals surface area contributed by atoms with Crippen molar-refractivity contribution >= 4 is 11.5 Å². The molecule has 3 nitrogen and oxygen atoms in total. The van der Waals surface area contributed by atoms with Crippen LogP contribution in [-0.2, 0) is 9.53 Å². The first-order chi connectivity index (χ1) is 13.0. The van der Waals surface area contributed by atoms with Gasteiger partial charge in [0.25, 0.3) is 0 Å². The van der Waals surface area contributed by atoms with Crippen molar-refractivity contribution in [3.05, 3.63) is 53.1 Å². The fraction of sp³-hybridized carbons (Fsp3) is 0.522. The molecule has 0 saturated carbocycles. The molecule has 1 aromatic carbocycles. The smallest absolute Gasteiger partial charge is 0.309 e. The van der Waals surface area contributed by atoms with Gasteiger partial charge in [0.15, 0.2) is 11.6 Å². The van der Waals surface area contributed by atoms with Gasteiger partial charge in [0, 0.05) is 6.42 Å². The maximum atomic E-state index is 13.9. The molecule has 1 aliphatic carbocycles. The summed E-state index contributed by atoms with van der Waals surface area (Å²) in [6.45, 7) is 8.62. The zero-order chi connectivity index (χ0) is 20.7. The van der Waals surface area contributed by atoms with Crippen LogP contribution in [0.3, 0.4) is 0 Å². The highest BCUT2D eigenvalue weighted by Crippen LogP contribution is 2.52. The Balaban J connectivity index is 2.04. The SMILES string of the molecule is CC1(C)CC(c2ccc(F)c(F)c2)=C(/C=C/[C@@H]2C[C@@H](O)CC(=O)O2)C(C)(C)C1. The van der Waals surface area contributed by atoms with Crippen LogP contribution in [0, 0.1) is 22.5 Å². The van der Waals surface area contributed by atoms with Gasteiger partial charge >= 0.3 is 5.97 Å². The van der Waals surface area contributed by atoms with Crippen molar-refractivity contribution in [1.82, 2.24) is 0 Å². The van der Waals surface area contributed by atoms with Crippen LogP contribution >= 0.6 is 0 Å². The van der Waals surface area contributed by atoms with Crippen LogP contribution in [0.5, 0.6) is 0 Å². The molecule has 2 aliphatic rings. The molecule has 0 aromatic heterocycles. The molecule has 152 valence electrons. The summed E-state index contributed by atoms with van der Waals surface area (Å²) in [5.74, 6) is -2.13. The third-order valence-electron chi connectivity index (χ3n) is 5.57. The van der Waals surface area contributed by atoms with Crippen LogP contribution in [0.25, 0.3) is 5.57 Å². The maximum absolute atomic E-state index is 13.9. The first-order valence-corrected chi connectivity index (χ1v) is 9.72. The minimum absolute atomic E-state index is 0.00847. The second-order valence-corrected chi connectivity index (χ2v) is 9.40. The lowest BCUT2D eigenvalue weighted by molar-refractivity contribution is -0.156. The van der Waals surface area contributed by atoms with E-state index in [9.17, 15) is 18.7 Å². The van der Waals surface area contributed by atoms with E-state index in [4.69, 9.17) is 4.74 Å². The highest BCUT2D eigenvalue weighted by molar-refractivity contribution is 5.74. The molecule has 1 aromatic rings. The minimum Gasteiger partial charge on any atom is -0.458 e. The van der Waals surface area contributed by atoms with Crippen LogP contribution in [0.4, 0.5) is 8.78 Å². The monoisotopic (exact) mass is 390 g/mol. The summed E-state index contributed by atoms with van der Waals surface area (Å²) < 4.78 is 32.7. The molecule has 1 saturated heterocycles. The fourth-order valence-electron chi connectivity index (χ4n) is 4.73. The maximum Gasteiger partial charge on any atom is 0.309 e. The van der Waals surface area contributed by atoms with E-state index in [-0.39, 0.29) is 17.3 Å². The number of halogens is 2. The number of aliphatic hydroxyl groups is 1. The van der Waals surface area contributed by atoms with Crippen molar-refractivity contribution in [3.63, 3.8) is 0 Å². The normalized spacial score (nSPS) is 27.2. The Bertz CT molecular complexity index is 836. The summed E-state index contributed by atoms with van der Waals surface area (Å²) in [4.78, 5) is 11.6. The van der Waals surface area contributed by atoms with E-state index >= 15 is 0 Å². The first-order valence-electron chi connectivity index (χ1n) is 9.72. The molecule has 1 aliphatic heterocycles. The van der Waals surface area contributed by atoms with Gasteiger partial charge in [0.1, 0.15) is 6.10 Å². The lowest BCUT2D eigenvalue weighted by Crippen LogP contribution is -2.32. The Hall–Kier alpha value is -2.01. The fourth-order valence-corrected chi connectivity index (χ4v) is 4.73. The van der Waals surface area contributed by atoms with Gasteiger partial charge < -0.3 is 9.84 Å². The van der Waals surface area contributed by atoms with Crippen molar-refractivity contribution in [1.29, 1.82) is 0 Å². The van der Waals surface area contributed by atoms with Crippen LogP contribution in [0.15, 0.2) is 35.9 Å². The summed E-state index contributed by atoms with van der Waals surface area (Å²) >= 11 is 0. The van der Waals surface area contributed by atoms with Crippen molar-refractivity contribution in [2.45, 2.75) is 65.6 Å². The average Bonchev–Trinajstić information content (AvgIpc) is 2.53. The molecule has 0 amide bonds. The van der Waals surface area contributed by atoms with Crippen LogP contribution in [-0.4, -0.2) is 23.3 Å². The van der Waals surface area contributed by atoms with Crippen LogP contribution < -0.4 is 0 Å². The van der Waals surface area contributed by atoms with E-state index in [0.717, 1.165) is 30.1 Å². The highest BCUT2D eigenvalue weighted by atomic mass is 19.2. The molecule has 0 unspecified atom stereocenters. The molecule has 0 bridgehead atoms. The Morgan fingerprint density at radius 1 is 1.18 bits per heavy atom. The van der Waals surface area contributed by atoms with Gasteiger partial charge in [-0.3, -0.25) is 4.79 Å². The van der Waals surface area contributed by atoms with Crippen molar-refractivity contribution in [2.75, 3.05) is 0 Å². The molecule has 1 fully saturated rings. The number of aliphatic hydroxyl groups excluding tert-OH is 1. The van der Waals surface area contributed by atoms with Gasteiger partial charge in [-0.05, 0) is 58.6 Å². The number of carbonyl (C=O) groups excluding carboxylic acids is 1. The summed E-state index contributed by atoms with van der Waals surface area (Å²) in [6.07, 6.45) is 4.59. The zero-order valence-electron chi connectivity index (χ0n) is 16.9. The van der Waals surface area contributed by atoms with Crippen LogP contribution in [0.2, 0.25) is 0 Å². The predicted molar refractivity (Wildman–Crippen MR) is 104 cm³/mol. The third kappa shape index (κ3) is 4.52. The van der Waals surface area contributed by atoms with E-state index in [0.29, 0.717) is 12.0 Å². The highest BCUT2D eigenvalue weighted by Gasteiger charge is 2.38. The number of benzene rings is 1. The van der Waals surface area contributed by atoms with E-state index in [1.807, 2.05) is 6.08 Å². The van der Waals surface area contributed by atoms with Gasteiger partial charge in [-0.2, -0.15) is 0 Å². The van der Waals surface area contributed by atoms with Gasteiger partial charge in [0.2, 0.25) is 0 Å². The number of allylic oxidation sites excluding steroid dienone is 3. The Morgan fingerprint density at radius 2 is 1.89 bits per heavy atom. The molecule has 3 rings (SSSR count). The molecule has 1 heterocycles. The molecule has 0 spiro atoms. The lowest BCUT2D eigenvalue weighted by Gasteiger charge is -2.43. The number of ether oxygens (including phenoxy) is 1. The molecule has 28 heavy (non-hydrogen) atoms. The van der Waals surface area contributed by atoms with Gasteiger partial charge in [0.05, 0.1) is 12.5 Å². The third-order valence-corrected chi connectivity index (χ3v) is 5.57. The van der Waals surface area contributed by atoms with Gasteiger partial charge in [-0.15, -0.1) is 0 Å². The largest absolute Gasteiger partial charge is 0.458 e. The average molecular weight is 390 g/mol. The summed E-state index contributed by atoms with van der Waals surface area (Å²) in [6, 6.07) is 4.02.